The van der Waals surface area contributed by atoms with Gasteiger partial charge < -0.3 is 15.0 Å². The highest BCUT2D eigenvalue weighted by atomic mass is 19.1. The van der Waals surface area contributed by atoms with Crippen molar-refractivity contribution < 1.29 is 18.7 Å². The molecule has 0 radical (unpaired) electrons. The maximum absolute atomic E-state index is 13.0. The zero-order valence-electron chi connectivity index (χ0n) is 17.2. The Kier molecular flexibility index (Phi) is 8.65. The van der Waals surface area contributed by atoms with E-state index in [1.165, 1.54) is 24.3 Å². The summed E-state index contributed by atoms with van der Waals surface area (Å²) in [5.74, 6) is -0.422. The van der Waals surface area contributed by atoms with Gasteiger partial charge >= 0.3 is 0 Å². The van der Waals surface area contributed by atoms with Gasteiger partial charge in [0.2, 0.25) is 5.91 Å². The number of rotatable bonds is 10. The van der Waals surface area contributed by atoms with Gasteiger partial charge in [-0.1, -0.05) is 37.3 Å². The highest BCUT2D eigenvalue weighted by molar-refractivity contribution is 5.88. The topological polar surface area (TPSA) is 58.6 Å². The Morgan fingerprint density at radius 2 is 1.72 bits per heavy atom. The average molecular weight is 400 g/mol. The summed E-state index contributed by atoms with van der Waals surface area (Å²) in [6.07, 6.45) is 1.13. The minimum absolute atomic E-state index is 0.0157. The van der Waals surface area contributed by atoms with Gasteiger partial charge in [0, 0.05) is 12.6 Å². The number of ether oxygens (including phenoxy) is 1. The Bertz CT molecular complexity index is 778. The van der Waals surface area contributed by atoms with Gasteiger partial charge in [-0.3, -0.25) is 9.59 Å². The summed E-state index contributed by atoms with van der Waals surface area (Å²) >= 11 is 0. The highest BCUT2D eigenvalue weighted by Crippen LogP contribution is 2.13. The van der Waals surface area contributed by atoms with E-state index in [0.717, 1.165) is 5.56 Å². The minimum atomic E-state index is -0.578. The maximum Gasteiger partial charge on any atom is 0.261 e. The lowest BCUT2D eigenvalue weighted by Crippen LogP contribution is -2.52. The molecule has 1 N–H and O–H groups in total. The Morgan fingerprint density at radius 1 is 1.07 bits per heavy atom. The van der Waals surface area contributed by atoms with Crippen LogP contribution in [0.25, 0.3) is 0 Å². The van der Waals surface area contributed by atoms with Crippen molar-refractivity contribution >= 4 is 11.8 Å². The second-order valence-corrected chi connectivity index (χ2v) is 7.15. The van der Waals surface area contributed by atoms with E-state index in [-0.39, 0.29) is 30.3 Å². The van der Waals surface area contributed by atoms with E-state index in [0.29, 0.717) is 25.1 Å². The first-order chi connectivity index (χ1) is 13.9. The van der Waals surface area contributed by atoms with Gasteiger partial charge in [0.15, 0.2) is 6.61 Å². The van der Waals surface area contributed by atoms with Crippen molar-refractivity contribution in [2.24, 2.45) is 0 Å². The summed E-state index contributed by atoms with van der Waals surface area (Å²) in [6.45, 7) is 5.84. The van der Waals surface area contributed by atoms with Gasteiger partial charge in [-0.2, -0.15) is 0 Å². The number of benzene rings is 2. The summed E-state index contributed by atoms with van der Waals surface area (Å²) in [5.41, 5.74) is 1.09. The largest absolute Gasteiger partial charge is 0.484 e. The Hall–Kier alpha value is -2.89. The quantitative estimate of drug-likeness (QED) is 0.663. The van der Waals surface area contributed by atoms with E-state index in [2.05, 4.69) is 5.32 Å². The molecule has 5 nitrogen and oxygen atoms in total. The Balaban J connectivity index is 2.11. The maximum atomic E-state index is 13.0. The molecule has 0 aliphatic rings. The summed E-state index contributed by atoms with van der Waals surface area (Å²) in [4.78, 5) is 27.2. The van der Waals surface area contributed by atoms with Crippen LogP contribution >= 0.6 is 0 Å². The molecule has 29 heavy (non-hydrogen) atoms. The predicted molar refractivity (Wildman–Crippen MR) is 111 cm³/mol. The van der Waals surface area contributed by atoms with Crippen LogP contribution in [-0.4, -0.2) is 41.9 Å². The molecule has 2 rings (SSSR count). The van der Waals surface area contributed by atoms with Crippen LogP contribution in [0.15, 0.2) is 54.6 Å². The molecule has 0 saturated heterocycles. The average Bonchev–Trinajstić information content (AvgIpc) is 2.70. The van der Waals surface area contributed by atoms with Crippen LogP contribution in [0.1, 0.15) is 32.8 Å². The van der Waals surface area contributed by atoms with E-state index < -0.39 is 6.04 Å². The molecule has 0 bridgehead atoms. The fraction of sp³-hybridized carbons (Fsp3) is 0.391. The molecule has 0 heterocycles. The minimum Gasteiger partial charge on any atom is -0.484 e. The molecule has 2 aromatic rings. The molecule has 1 atom stereocenters. The SMILES string of the molecule is CC[C@H](C(=O)NC(C)C)N(CCc1ccccc1)C(=O)COc1ccc(F)cc1. The van der Waals surface area contributed by atoms with Crippen LogP contribution in [0.5, 0.6) is 5.75 Å². The molecular formula is C23H29FN2O3. The molecular weight excluding hydrogens is 371 g/mol. The standard InChI is InChI=1S/C23H29FN2O3/c1-4-21(23(28)25-17(2)3)26(15-14-18-8-6-5-7-9-18)22(27)16-29-20-12-10-19(24)11-13-20/h5-13,17,21H,4,14-16H2,1-3H3,(H,25,28)/t21-/m1/s1. The van der Waals surface area contributed by atoms with Gasteiger partial charge in [-0.15, -0.1) is 0 Å². The highest BCUT2D eigenvalue weighted by Gasteiger charge is 2.28. The zero-order chi connectivity index (χ0) is 21.2. The lowest BCUT2D eigenvalue weighted by atomic mass is 10.1. The molecule has 0 unspecified atom stereocenters. The molecule has 6 heteroatoms. The van der Waals surface area contributed by atoms with Crippen molar-refractivity contribution in [1.82, 2.24) is 10.2 Å². The van der Waals surface area contributed by atoms with Gasteiger partial charge in [0.1, 0.15) is 17.6 Å². The number of carbonyl (C=O) groups is 2. The summed E-state index contributed by atoms with van der Waals surface area (Å²) in [5, 5.41) is 2.89. The van der Waals surface area contributed by atoms with Gasteiger partial charge in [-0.05, 0) is 56.5 Å². The van der Waals surface area contributed by atoms with E-state index >= 15 is 0 Å². The summed E-state index contributed by atoms with van der Waals surface area (Å²) in [6, 6.07) is 14.7. The molecule has 0 fully saturated rings. The fourth-order valence-electron chi connectivity index (χ4n) is 3.04. The third kappa shape index (κ3) is 7.22. The van der Waals surface area contributed by atoms with Crippen LogP contribution in [0, 0.1) is 5.82 Å². The third-order valence-electron chi connectivity index (χ3n) is 4.48. The monoisotopic (exact) mass is 400 g/mol. The third-order valence-corrected chi connectivity index (χ3v) is 4.48. The molecule has 0 aromatic heterocycles. The van der Waals surface area contributed by atoms with Crippen molar-refractivity contribution in [3.8, 4) is 5.75 Å². The van der Waals surface area contributed by atoms with Crippen molar-refractivity contribution in [3.05, 3.63) is 66.0 Å². The number of nitrogens with one attached hydrogen (secondary N) is 1. The van der Waals surface area contributed by atoms with Crippen molar-refractivity contribution in [2.45, 2.75) is 45.7 Å². The van der Waals surface area contributed by atoms with Crippen LogP contribution in [0.2, 0.25) is 0 Å². The molecule has 0 aliphatic heterocycles. The number of hydrogen-bond donors (Lipinski definition) is 1. The second-order valence-electron chi connectivity index (χ2n) is 7.15. The number of nitrogens with zero attached hydrogens (tertiary/aromatic N) is 1. The van der Waals surface area contributed by atoms with E-state index in [1.54, 1.807) is 4.90 Å². The number of halogens is 1. The number of carbonyl (C=O) groups excluding carboxylic acids is 2. The van der Waals surface area contributed by atoms with Crippen molar-refractivity contribution in [1.29, 1.82) is 0 Å². The first kappa shape index (κ1) is 22.4. The summed E-state index contributed by atoms with van der Waals surface area (Å²) < 4.78 is 18.6. The molecule has 0 spiro atoms. The Morgan fingerprint density at radius 3 is 2.31 bits per heavy atom. The normalized spacial score (nSPS) is 11.8. The fourth-order valence-corrected chi connectivity index (χ4v) is 3.04. The molecule has 0 aliphatic carbocycles. The lowest BCUT2D eigenvalue weighted by Gasteiger charge is -2.31. The van der Waals surface area contributed by atoms with E-state index in [1.807, 2.05) is 51.1 Å². The molecule has 2 amide bonds. The Labute approximate surface area is 171 Å². The van der Waals surface area contributed by atoms with Gasteiger partial charge in [-0.25, -0.2) is 4.39 Å². The zero-order valence-corrected chi connectivity index (χ0v) is 17.2. The lowest BCUT2D eigenvalue weighted by molar-refractivity contribution is -0.142. The first-order valence-corrected chi connectivity index (χ1v) is 9.92. The van der Waals surface area contributed by atoms with Crippen molar-refractivity contribution in [3.63, 3.8) is 0 Å². The second kappa shape index (κ2) is 11.2. The van der Waals surface area contributed by atoms with E-state index in [4.69, 9.17) is 4.74 Å². The molecule has 0 saturated carbocycles. The number of hydrogen-bond acceptors (Lipinski definition) is 3. The predicted octanol–water partition coefficient (Wildman–Crippen LogP) is 3.58. The van der Waals surface area contributed by atoms with Crippen LogP contribution in [0.3, 0.4) is 0 Å². The molecule has 156 valence electrons. The van der Waals surface area contributed by atoms with Gasteiger partial charge in [0.05, 0.1) is 0 Å². The van der Waals surface area contributed by atoms with Gasteiger partial charge in [0.25, 0.3) is 5.91 Å². The van der Waals surface area contributed by atoms with Crippen LogP contribution < -0.4 is 10.1 Å². The first-order valence-electron chi connectivity index (χ1n) is 9.92. The van der Waals surface area contributed by atoms with Crippen LogP contribution in [0.4, 0.5) is 4.39 Å². The molecule has 2 aromatic carbocycles. The smallest absolute Gasteiger partial charge is 0.261 e. The summed E-state index contributed by atoms with van der Waals surface area (Å²) in [7, 11) is 0. The van der Waals surface area contributed by atoms with Crippen molar-refractivity contribution in [2.75, 3.05) is 13.2 Å². The van der Waals surface area contributed by atoms with E-state index in [9.17, 15) is 14.0 Å². The van der Waals surface area contributed by atoms with Crippen LogP contribution in [-0.2, 0) is 16.0 Å². The number of amides is 2.